The molecule has 0 aliphatic rings. The van der Waals surface area contributed by atoms with Gasteiger partial charge >= 0.3 is 0 Å². The van der Waals surface area contributed by atoms with E-state index in [1.165, 1.54) is 16.7 Å². The molecule has 0 fully saturated rings. The summed E-state index contributed by atoms with van der Waals surface area (Å²) in [7, 11) is 1.83. The lowest BCUT2D eigenvalue weighted by molar-refractivity contribution is -0.127. The number of aryl methyl sites for hydroxylation is 2. The summed E-state index contributed by atoms with van der Waals surface area (Å²) in [5.41, 5.74) is 2.98. The molecule has 2 rings (SSSR count). The molecule has 0 saturated carbocycles. The molecule has 1 aromatic carbocycles. The number of rotatable bonds is 6. The van der Waals surface area contributed by atoms with Crippen molar-refractivity contribution in [2.24, 2.45) is 0 Å². The van der Waals surface area contributed by atoms with E-state index in [1.54, 1.807) is 16.7 Å². The number of nitrogens with zero attached hydrogens (tertiary/aromatic N) is 3. The molecule has 0 aliphatic heterocycles. The van der Waals surface area contributed by atoms with Gasteiger partial charge in [-0.3, -0.25) is 4.79 Å². The third kappa shape index (κ3) is 5.55. The molecule has 0 atom stereocenters. The van der Waals surface area contributed by atoms with E-state index < -0.39 is 0 Å². The van der Waals surface area contributed by atoms with Crippen LogP contribution >= 0.6 is 23.5 Å². The van der Waals surface area contributed by atoms with E-state index in [2.05, 4.69) is 40.5 Å². The third-order valence-electron chi connectivity index (χ3n) is 3.29. The van der Waals surface area contributed by atoms with Gasteiger partial charge in [-0.25, -0.2) is 9.97 Å². The maximum atomic E-state index is 12.3. The van der Waals surface area contributed by atoms with Gasteiger partial charge in [-0.2, -0.15) is 0 Å². The third-order valence-corrected chi connectivity index (χ3v) is 4.87. The van der Waals surface area contributed by atoms with Crippen LogP contribution in [0.3, 0.4) is 0 Å². The second kappa shape index (κ2) is 8.36. The number of hydrogen-bond donors (Lipinski definition) is 0. The van der Waals surface area contributed by atoms with Crippen LogP contribution in [0.4, 0.5) is 0 Å². The Labute approximate surface area is 146 Å². The van der Waals surface area contributed by atoms with Crippen LogP contribution < -0.4 is 0 Å². The van der Waals surface area contributed by atoms with Crippen molar-refractivity contribution in [1.82, 2.24) is 14.9 Å². The Morgan fingerprint density at radius 1 is 1.13 bits per heavy atom. The number of carbonyl (C=O) groups excluding carboxylic acids is 1. The second-order valence-electron chi connectivity index (χ2n) is 5.32. The van der Waals surface area contributed by atoms with Gasteiger partial charge in [0.15, 0.2) is 5.16 Å². The molecule has 4 nitrogen and oxygen atoms in total. The fourth-order valence-corrected chi connectivity index (χ4v) is 3.39. The highest BCUT2D eigenvalue weighted by molar-refractivity contribution is 7.99. The topological polar surface area (TPSA) is 46.1 Å². The van der Waals surface area contributed by atoms with Crippen molar-refractivity contribution in [3.8, 4) is 0 Å². The maximum absolute atomic E-state index is 12.3. The van der Waals surface area contributed by atoms with Crippen LogP contribution in [0.25, 0.3) is 0 Å². The number of carbonyl (C=O) groups is 1. The lowest BCUT2D eigenvalue weighted by Gasteiger charge is -2.17. The van der Waals surface area contributed by atoms with Crippen LogP contribution in [-0.4, -0.2) is 39.8 Å². The van der Waals surface area contributed by atoms with Gasteiger partial charge < -0.3 is 4.90 Å². The molecule has 122 valence electrons. The summed E-state index contributed by atoms with van der Waals surface area (Å²) >= 11 is 3.10. The lowest BCUT2D eigenvalue weighted by atomic mass is 10.2. The average molecular weight is 348 g/mol. The summed E-state index contributed by atoms with van der Waals surface area (Å²) in [4.78, 5) is 23.9. The summed E-state index contributed by atoms with van der Waals surface area (Å²) in [6.45, 7) is 4.48. The van der Waals surface area contributed by atoms with Crippen LogP contribution in [0, 0.1) is 13.8 Å². The zero-order valence-corrected chi connectivity index (χ0v) is 15.5. The van der Waals surface area contributed by atoms with Crippen molar-refractivity contribution in [2.45, 2.75) is 30.4 Å². The van der Waals surface area contributed by atoms with Gasteiger partial charge in [0.25, 0.3) is 0 Å². The van der Waals surface area contributed by atoms with E-state index in [9.17, 15) is 4.79 Å². The first-order chi connectivity index (χ1) is 11.0. The van der Waals surface area contributed by atoms with Crippen molar-refractivity contribution in [3.63, 3.8) is 0 Å². The summed E-state index contributed by atoms with van der Waals surface area (Å²) in [5, 5.41) is 0.661. The molecule has 0 aliphatic carbocycles. The lowest BCUT2D eigenvalue weighted by Crippen LogP contribution is -2.27. The first-order valence-corrected chi connectivity index (χ1v) is 9.51. The predicted molar refractivity (Wildman–Crippen MR) is 96.9 cm³/mol. The SMILES string of the molecule is CSc1ccc(CN(C)C(=O)CSc2nc(C)cc(C)n2)cc1. The molecular formula is C17H21N3OS2. The van der Waals surface area contributed by atoms with Crippen LogP contribution in [0.15, 0.2) is 40.4 Å². The van der Waals surface area contributed by atoms with E-state index in [-0.39, 0.29) is 5.91 Å². The quantitative estimate of drug-likeness (QED) is 0.590. The molecule has 0 N–H and O–H groups in total. The summed E-state index contributed by atoms with van der Waals surface area (Å²) in [6, 6.07) is 10.2. The highest BCUT2D eigenvalue weighted by Crippen LogP contribution is 2.17. The molecule has 0 bridgehead atoms. The zero-order chi connectivity index (χ0) is 16.8. The molecule has 1 heterocycles. The zero-order valence-electron chi connectivity index (χ0n) is 13.9. The highest BCUT2D eigenvalue weighted by atomic mass is 32.2. The maximum Gasteiger partial charge on any atom is 0.233 e. The standard InChI is InChI=1S/C17H21N3OS2/c1-12-9-13(2)19-17(18-12)23-11-16(21)20(3)10-14-5-7-15(22-4)8-6-14/h5-9H,10-11H2,1-4H3. The van der Waals surface area contributed by atoms with Crippen LogP contribution in [0.2, 0.25) is 0 Å². The molecule has 1 amide bonds. The largest absolute Gasteiger partial charge is 0.341 e. The second-order valence-corrected chi connectivity index (χ2v) is 7.14. The van der Waals surface area contributed by atoms with Crippen LogP contribution in [0.5, 0.6) is 0 Å². The summed E-state index contributed by atoms with van der Waals surface area (Å²) in [6.07, 6.45) is 2.05. The van der Waals surface area contributed by atoms with Crippen LogP contribution in [0.1, 0.15) is 17.0 Å². The monoisotopic (exact) mass is 347 g/mol. The first-order valence-electron chi connectivity index (χ1n) is 7.30. The molecule has 0 saturated heterocycles. The normalized spacial score (nSPS) is 10.6. The number of thioether (sulfide) groups is 2. The number of benzene rings is 1. The summed E-state index contributed by atoms with van der Waals surface area (Å²) in [5.74, 6) is 0.425. The van der Waals surface area contributed by atoms with Gasteiger partial charge in [0, 0.05) is 29.9 Å². The van der Waals surface area contributed by atoms with Gasteiger partial charge in [0.1, 0.15) is 0 Å². The van der Waals surface area contributed by atoms with Gasteiger partial charge in [-0.15, -0.1) is 11.8 Å². The molecular weight excluding hydrogens is 326 g/mol. The van der Waals surface area contributed by atoms with E-state index in [0.717, 1.165) is 17.0 Å². The number of amides is 1. The minimum atomic E-state index is 0.0757. The van der Waals surface area contributed by atoms with Gasteiger partial charge in [0.2, 0.25) is 5.91 Å². The molecule has 0 radical (unpaired) electrons. The van der Waals surface area contributed by atoms with E-state index in [1.807, 2.05) is 27.0 Å². The van der Waals surface area contributed by atoms with Gasteiger partial charge in [-0.1, -0.05) is 23.9 Å². The fourth-order valence-electron chi connectivity index (χ4n) is 2.09. The van der Waals surface area contributed by atoms with Gasteiger partial charge in [-0.05, 0) is 43.9 Å². The molecule has 1 aromatic heterocycles. The Kier molecular flexibility index (Phi) is 6.47. The average Bonchev–Trinajstić information content (AvgIpc) is 2.52. The Morgan fingerprint density at radius 2 is 1.74 bits per heavy atom. The predicted octanol–water partition coefficient (Wildman–Crippen LogP) is 3.57. The number of aromatic nitrogens is 2. The Morgan fingerprint density at radius 3 is 2.30 bits per heavy atom. The number of hydrogen-bond acceptors (Lipinski definition) is 5. The molecule has 6 heteroatoms. The van der Waals surface area contributed by atoms with Crippen molar-refractivity contribution in [2.75, 3.05) is 19.1 Å². The van der Waals surface area contributed by atoms with Crippen molar-refractivity contribution in [3.05, 3.63) is 47.3 Å². The first kappa shape index (κ1) is 17.8. The fraction of sp³-hybridized carbons (Fsp3) is 0.353. The summed E-state index contributed by atoms with van der Waals surface area (Å²) < 4.78 is 0. The van der Waals surface area contributed by atoms with E-state index in [0.29, 0.717) is 17.5 Å². The Bertz CT molecular complexity index is 654. The van der Waals surface area contributed by atoms with E-state index in [4.69, 9.17) is 0 Å². The minimum absolute atomic E-state index is 0.0757. The smallest absolute Gasteiger partial charge is 0.233 e. The van der Waals surface area contributed by atoms with Crippen molar-refractivity contribution in [1.29, 1.82) is 0 Å². The van der Waals surface area contributed by atoms with E-state index >= 15 is 0 Å². The Balaban J connectivity index is 1.89. The molecule has 2 aromatic rings. The molecule has 0 unspecified atom stereocenters. The molecule has 0 spiro atoms. The minimum Gasteiger partial charge on any atom is -0.341 e. The van der Waals surface area contributed by atoms with Crippen LogP contribution in [-0.2, 0) is 11.3 Å². The molecule has 23 heavy (non-hydrogen) atoms. The van der Waals surface area contributed by atoms with Gasteiger partial charge in [0.05, 0.1) is 5.75 Å². The van der Waals surface area contributed by atoms with Crippen molar-refractivity contribution < 1.29 is 4.79 Å². The van der Waals surface area contributed by atoms with Crippen molar-refractivity contribution >= 4 is 29.4 Å². The Hall–Kier alpha value is -1.53. The highest BCUT2D eigenvalue weighted by Gasteiger charge is 2.11.